The zero-order valence-corrected chi connectivity index (χ0v) is 16.0. The van der Waals surface area contributed by atoms with Crippen molar-refractivity contribution in [3.8, 4) is 0 Å². The summed E-state index contributed by atoms with van der Waals surface area (Å²) in [7, 11) is 0. The summed E-state index contributed by atoms with van der Waals surface area (Å²) in [6.45, 7) is 5.04. The summed E-state index contributed by atoms with van der Waals surface area (Å²) in [4.78, 5) is 15.8. The maximum atomic E-state index is 13.6. The van der Waals surface area contributed by atoms with Crippen LogP contribution in [0.5, 0.6) is 0 Å². The lowest BCUT2D eigenvalue weighted by Crippen LogP contribution is -2.64. The van der Waals surface area contributed by atoms with Crippen LogP contribution in [0.2, 0.25) is 0 Å². The quantitative estimate of drug-likeness (QED) is 0.850. The van der Waals surface area contributed by atoms with Gasteiger partial charge in [-0.15, -0.1) is 0 Å². The molecule has 28 heavy (non-hydrogen) atoms. The fraction of sp³-hybridized carbons (Fsp3) is 0.409. The second kappa shape index (κ2) is 7.60. The van der Waals surface area contributed by atoms with Crippen LogP contribution < -0.4 is 10.6 Å². The zero-order valence-electron chi connectivity index (χ0n) is 16.0. The SMILES string of the molecule is C[C@@H](NC(=O)C1(N2CCNCC2)Cc2ccccc2C1)c1cc(F)cc(F)c1. The molecular formula is C22H25F2N3O. The largest absolute Gasteiger partial charge is 0.348 e. The Morgan fingerprint density at radius 2 is 1.64 bits per heavy atom. The number of nitrogens with zero attached hydrogens (tertiary/aromatic N) is 1. The summed E-state index contributed by atoms with van der Waals surface area (Å²) < 4.78 is 27.2. The maximum Gasteiger partial charge on any atom is 0.241 e. The van der Waals surface area contributed by atoms with Crippen LogP contribution in [0.1, 0.15) is 29.7 Å². The molecule has 148 valence electrons. The van der Waals surface area contributed by atoms with Crippen molar-refractivity contribution in [3.63, 3.8) is 0 Å². The number of hydrogen-bond acceptors (Lipinski definition) is 3. The van der Waals surface area contributed by atoms with Crippen molar-refractivity contribution in [2.45, 2.75) is 31.3 Å². The molecule has 1 saturated heterocycles. The molecule has 2 aliphatic rings. The normalized spacial score (nSPS) is 19.8. The second-order valence-corrected chi connectivity index (χ2v) is 7.79. The standard InChI is InChI=1S/C22H25F2N3O/c1-15(18-10-19(23)12-20(24)11-18)26-21(28)22(27-8-6-25-7-9-27)13-16-4-2-3-5-17(16)14-22/h2-5,10-12,15,25H,6-9,13-14H2,1H3,(H,26,28)/t15-/m1/s1. The minimum atomic E-state index is -0.661. The van der Waals surface area contributed by atoms with E-state index in [0.717, 1.165) is 32.2 Å². The number of hydrogen-bond donors (Lipinski definition) is 2. The van der Waals surface area contributed by atoms with E-state index in [1.807, 2.05) is 12.1 Å². The molecule has 0 unspecified atom stereocenters. The molecule has 0 bridgehead atoms. The Hall–Kier alpha value is -2.31. The topological polar surface area (TPSA) is 44.4 Å². The minimum Gasteiger partial charge on any atom is -0.348 e. The number of fused-ring (bicyclic) bond motifs is 1. The van der Waals surface area contributed by atoms with Crippen molar-refractivity contribution in [3.05, 3.63) is 70.8 Å². The first-order chi connectivity index (χ1) is 13.5. The molecule has 6 heteroatoms. The van der Waals surface area contributed by atoms with Crippen LogP contribution in [0.4, 0.5) is 8.78 Å². The molecule has 0 saturated carbocycles. The Balaban J connectivity index is 1.61. The lowest BCUT2D eigenvalue weighted by Gasteiger charge is -2.42. The summed E-state index contributed by atoms with van der Waals surface area (Å²) in [5.74, 6) is -1.36. The van der Waals surface area contributed by atoms with Gasteiger partial charge >= 0.3 is 0 Å². The Bertz CT molecular complexity index is 835. The van der Waals surface area contributed by atoms with Crippen LogP contribution in [0.15, 0.2) is 42.5 Å². The van der Waals surface area contributed by atoms with E-state index in [1.165, 1.54) is 23.3 Å². The van der Waals surface area contributed by atoms with Crippen LogP contribution in [-0.2, 0) is 17.6 Å². The van der Waals surface area contributed by atoms with Crippen LogP contribution in [0, 0.1) is 11.6 Å². The van der Waals surface area contributed by atoms with Crippen molar-refractivity contribution < 1.29 is 13.6 Å². The van der Waals surface area contributed by atoms with Gasteiger partial charge in [-0.3, -0.25) is 9.69 Å². The van der Waals surface area contributed by atoms with E-state index in [-0.39, 0.29) is 5.91 Å². The fourth-order valence-electron chi connectivity index (χ4n) is 4.46. The molecule has 2 N–H and O–H groups in total. The Morgan fingerprint density at radius 3 is 2.21 bits per heavy atom. The van der Waals surface area contributed by atoms with Crippen molar-refractivity contribution in [1.82, 2.24) is 15.5 Å². The predicted molar refractivity (Wildman–Crippen MR) is 104 cm³/mol. The molecule has 2 aromatic carbocycles. The Kier molecular flexibility index (Phi) is 5.17. The molecule has 1 heterocycles. The molecule has 0 aromatic heterocycles. The molecule has 1 aliphatic carbocycles. The summed E-state index contributed by atoms with van der Waals surface area (Å²) in [6.07, 6.45) is 1.30. The van der Waals surface area contributed by atoms with Crippen molar-refractivity contribution in [2.75, 3.05) is 26.2 Å². The third kappa shape index (κ3) is 3.54. The number of halogens is 2. The second-order valence-electron chi connectivity index (χ2n) is 7.79. The van der Waals surface area contributed by atoms with Crippen molar-refractivity contribution in [1.29, 1.82) is 0 Å². The molecule has 4 rings (SSSR count). The number of benzene rings is 2. The van der Waals surface area contributed by atoms with E-state index >= 15 is 0 Å². The first-order valence-corrected chi connectivity index (χ1v) is 9.77. The first-order valence-electron chi connectivity index (χ1n) is 9.77. The number of piperazine rings is 1. The van der Waals surface area contributed by atoms with Gasteiger partial charge in [-0.1, -0.05) is 24.3 Å². The van der Waals surface area contributed by atoms with E-state index in [9.17, 15) is 13.6 Å². The van der Waals surface area contributed by atoms with E-state index in [0.29, 0.717) is 18.4 Å². The summed E-state index contributed by atoms with van der Waals surface area (Å²) in [6, 6.07) is 11.1. The summed E-state index contributed by atoms with van der Waals surface area (Å²) in [5, 5.41) is 6.37. The monoisotopic (exact) mass is 385 g/mol. The van der Waals surface area contributed by atoms with Crippen LogP contribution in [0.25, 0.3) is 0 Å². The average molecular weight is 385 g/mol. The summed E-state index contributed by atoms with van der Waals surface area (Å²) >= 11 is 0. The van der Waals surface area contributed by atoms with Gasteiger partial charge in [-0.2, -0.15) is 0 Å². The van der Waals surface area contributed by atoms with E-state index < -0.39 is 23.2 Å². The number of carbonyl (C=O) groups is 1. The molecule has 0 radical (unpaired) electrons. The summed E-state index contributed by atoms with van der Waals surface area (Å²) in [5.41, 5.74) is 2.16. The molecule has 1 atom stereocenters. The van der Waals surface area contributed by atoms with Gasteiger partial charge in [0.15, 0.2) is 0 Å². The van der Waals surface area contributed by atoms with Crippen molar-refractivity contribution in [2.24, 2.45) is 0 Å². The number of rotatable bonds is 4. The van der Waals surface area contributed by atoms with E-state index in [1.54, 1.807) is 6.92 Å². The fourth-order valence-corrected chi connectivity index (χ4v) is 4.46. The molecule has 1 amide bonds. The van der Waals surface area contributed by atoms with Gasteiger partial charge in [0.1, 0.15) is 17.2 Å². The van der Waals surface area contributed by atoms with Gasteiger partial charge in [0, 0.05) is 45.1 Å². The van der Waals surface area contributed by atoms with Crippen LogP contribution >= 0.6 is 0 Å². The van der Waals surface area contributed by atoms with Gasteiger partial charge in [0.25, 0.3) is 0 Å². The maximum absolute atomic E-state index is 13.6. The number of nitrogens with one attached hydrogen (secondary N) is 2. The lowest BCUT2D eigenvalue weighted by molar-refractivity contribution is -0.134. The van der Waals surface area contributed by atoms with Gasteiger partial charge < -0.3 is 10.6 Å². The third-order valence-electron chi connectivity index (χ3n) is 5.96. The molecular weight excluding hydrogens is 360 g/mol. The Labute approximate surface area is 163 Å². The molecule has 1 fully saturated rings. The minimum absolute atomic E-state index is 0.0808. The van der Waals surface area contributed by atoms with Gasteiger partial charge in [0.05, 0.1) is 6.04 Å². The highest BCUT2D eigenvalue weighted by Crippen LogP contribution is 2.36. The predicted octanol–water partition coefficient (Wildman–Crippen LogP) is 2.58. The van der Waals surface area contributed by atoms with E-state index in [2.05, 4.69) is 27.7 Å². The highest BCUT2D eigenvalue weighted by atomic mass is 19.1. The smallest absolute Gasteiger partial charge is 0.241 e. The highest BCUT2D eigenvalue weighted by Gasteiger charge is 2.48. The molecule has 4 nitrogen and oxygen atoms in total. The van der Waals surface area contributed by atoms with Crippen LogP contribution in [0.3, 0.4) is 0 Å². The lowest BCUT2D eigenvalue weighted by atomic mass is 9.90. The Morgan fingerprint density at radius 1 is 1.07 bits per heavy atom. The molecule has 2 aromatic rings. The number of amides is 1. The molecule has 0 spiro atoms. The number of carbonyl (C=O) groups excluding carboxylic acids is 1. The first kappa shape index (κ1) is 19.0. The van der Waals surface area contributed by atoms with Gasteiger partial charge in [0.2, 0.25) is 5.91 Å². The highest BCUT2D eigenvalue weighted by molar-refractivity contribution is 5.88. The third-order valence-corrected chi connectivity index (χ3v) is 5.96. The van der Waals surface area contributed by atoms with Crippen molar-refractivity contribution >= 4 is 5.91 Å². The van der Waals surface area contributed by atoms with Crippen LogP contribution in [-0.4, -0.2) is 42.5 Å². The average Bonchev–Trinajstić information content (AvgIpc) is 3.09. The van der Waals surface area contributed by atoms with Gasteiger partial charge in [-0.25, -0.2) is 8.78 Å². The van der Waals surface area contributed by atoms with E-state index in [4.69, 9.17) is 0 Å². The molecule has 1 aliphatic heterocycles. The zero-order chi connectivity index (χ0) is 19.7. The van der Waals surface area contributed by atoms with Gasteiger partial charge in [-0.05, 0) is 35.7 Å².